The maximum absolute atomic E-state index is 13.3. The highest BCUT2D eigenvalue weighted by Crippen LogP contribution is 2.34. The van der Waals surface area contributed by atoms with Crippen LogP contribution in [0.2, 0.25) is 0 Å². The second-order valence-corrected chi connectivity index (χ2v) is 9.11. The van der Waals surface area contributed by atoms with Crippen molar-refractivity contribution < 1.29 is 14.7 Å². The molecule has 35 heavy (non-hydrogen) atoms. The first-order valence-corrected chi connectivity index (χ1v) is 11.8. The highest BCUT2D eigenvalue weighted by Gasteiger charge is 2.33. The van der Waals surface area contributed by atoms with E-state index in [2.05, 4.69) is 0 Å². The summed E-state index contributed by atoms with van der Waals surface area (Å²) >= 11 is 1.33. The van der Waals surface area contributed by atoms with Crippen LogP contribution >= 0.6 is 11.8 Å². The summed E-state index contributed by atoms with van der Waals surface area (Å²) < 4.78 is 0. The number of carboxylic acids is 1. The molecule has 0 unspecified atom stereocenters. The van der Waals surface area contributed by atoms with Gasteiger partial charge in [0.2, 0.25) is 0 Å². The number of amides is 1. The smallest absolute Gasteiger partial charge is 0.335 e. The maximum atomic E-state index is 13.3. The number of allylic oxidation sites excluding steroid dienone is 2. The lowest BCUT2D eigenvalue weighted by Crippen LogP contribution is -2.28. The SMILES string of the molecule is CN(C)c1ccc(/C=C/C=C2\SC(=Nc3ccccc3)N(Cc3ccc(C(=O)O)cc3)C2=O)cc1. The van der Waals surface area contributed by atoms with E-state index in [1.165, 1.54) is 11.8 Å². The molecule has 1 aliphatic heterocycles. The van der Waals surface area contributed by atoms with Crippen LogP contribution in [0.3, 0.4) is 0 Å². The average molecular weight is 484 g/mol. The number of aliphatic imine (C=N–C) groups is 1. The van der Waals surface area contributed by atoms with Gasteiger partial charge in [0.15, 0.2) is 5.17 Å². The van der Waals surface area contributed by atoms with Crippen LogP contribution in [0.4, 0.5) is 11.4 Å². The van der Waals surface area contributed by atoms with E-state index in [0.29, 0.717) is 16.6 Å². The molecule has 0 aromatic heterocycles. The molecule has 1 fully saturated rings. The van der Waals surface area contributed by atoms with Gasteiger partial charge in [-0.3, -0.25) is 9.69 Å². The van der Waals surface area contributed by atoms with Crippen molar-refractivity contribution in [3.05, 3.63) is 113 Å². The molecule has 4 rings (SSSR count). The van der Waals surface area contributed by atoms with Crippen LogP contribution in [0.25, 0.3) is 6.08 Å². The molecular weight excluding hydrogens is 458 g/mol. The molecule has 0 saturated carbocycles. The van der Waals surface area contributed by atoms with Gasteiger partial charge in [0, 0.05) is 19.8 Å². The highest BCUT2D eigenvalue weighted by molar-refractivity contribution is 8.18. The Labute approximate surface area is 208 Å². The van der Waals surface area contributed by atoms with E-state index in [9.17, 15) is 9.59 Å². The minimum Gasteiger partial charge on any atom is -0.478 e. The van der Waals surface area contributed by atoms with Crippen molar-refractivity contribution in [1.29, 1.82) is 0 Å². The quantitative estimate of drug-likeness (QED) is 0.429. The van der Waals surface area contributed by atoms with E-state index in [0.717, 1.165) is 22.5 Å². The Morgan fingerprint density at radius 3 is 2.31 bits per heavy atom. The predicted octanol–water partition coefficient (Wildman–Crippen LogP) is 5.81. The molecule has 1 N–H and O–H groups in total. The van der Waals surface area contributed by atoms with Crippen molar-refractivity contribution in [1.82, 2.24) is 4.90 Å². The number of benzene rings is 3. The van der Waals surface area contributed by atoms with Gasteiger partial charge in [-0.2, -0.15) is 0 Å². The fourth-order valence-corrected chi connectivity index (χ4v) is 4.37. The molecule has 0 atom stereocenters. The molecule has 176 valence electrons. The summed E-state index contributed by atoms with van der Waals surface area (Å²) in [5.74, 6) is -1.12. The number of carbonyl (C=O) groups is 2. The van der Waals surface area contributed by atoms with Crippen LogP contribution in [-0.4, -0.2) is 41.1 Å². The molecule has 7 heteroatoms. The van der Waals surface area contributed by atoms with E-state index in [1.54, 1.807) is 35.2 Å². The van der Waals surface area contributed by atoms with Crippen molar-refractivity contribution >= 4 is 46.3 Å². The van der Waals surface area contributed by atoms with Crippen LogP contribution in [-0.2, 0) is 11.3 Å². The lowest BCUT2D eigenvalue weighted by Gasteiger charge is -2.16. The number of hydrogen-bond donors (Lipinski definition) is 1. The van der Waals surface area contributed by atoms with Crippen LogP contribution in [0.5, 0.6) is 0 Å². The zero-order valence-electron chi connectivity index (χ0n) is 19.5. The van der Waals surface area contributed by atoms with Gasteiger partial charge in [-0.25, -0.2) is 9.79 Å². The summed E-state index contributed by atoms with van der Waals surface area (Å²) in [7, 11) is 4.00. The van der Waals surface area contributed by atoms with Crippen molar-refractivity contribution in [3.63, 3.8) is 0 Å². The van der Waals surface area contributed by atoms with Gasteiger partial charge in [0.25, 0.3) is 5.91 Å². The van der Waals surface area contributed by atoms with E-state index in [-0.39, 0.29) is 11.5 Å². The summed E-state index contributed by atoms with van der Waals surface area (Å²) in [6.07, 6.45) is 5.64. The molecule has 1 heterocycles. The Bertz CT molecular complexity index is 1300. The molecule has 6 nitrogen and oxygen atoms in total. The fraction of sp³-hybridized carbons (Fsp3) is 0.107. The zero-order valence-corrected chi connectivity index (χ0v) is 20.3. The van der Waals surface area contributed by atoms with E-state index in [1.807, 2.05) is 85.7 Å². The zero-order chi connectivity index (χ0) is 24.8. The second kappa shape index (κ2) is 10.9. The summed E-state index contributed by atoms with van der Waals surface area (Å²) in [4.78, 5) is 33.4. The van der Waals surface area contributed by atoms with Crippen molar-refractivity contribution in [2.45, 2.75) is 6.54 Å². The molecular formula is C28H25N3O3S. The maximum Gasteiger partial charge on any atom is 0.335 e. The topological polar surface area (TPSA) is 73.2 Å². The Balaban J connectivity index is 1.57. The van der Waals surface area contributed by atoms with Crippen LogP contribution in [0.1, 0.15) is 21.5 Å². The number of carboxylic acid groups (broad SMARTS) is 1. The predicted molar refractivity (Wildman–Crippen MR) is 143 cm³/mol. The van der Waals surface area contributed by atoms with Crippen LogP contribution < -0.4 is 4.90 Å². The van der Waals surface area contributed by atoms with Gasteiger partial charge in [-0.1, -0.05) is 54.6 Å². The Hall–Kier alpha value is -4.10. The van der Waals surface area contributed by atoms with Crippen molar-refractivity contribution in [3.8, 4) is 0 Å². The van der Waals surface area contributed by atoms with Gasteiger partial charge < -0.3 is 10.0 Å². The van der Waals surface area contributed by atoms with Crippen molar-refractivity contribution in [2.75, 3.05) is 19.0 Å². The largest absolute Gasteiger partial charge is 0.478 e. The third kappa shape index (κ3) is 6.07. The fourth-order valence-electron chi connectivity index (χ4n) is 3.42. The minimum atomic E-state index is -0.982. The number of rotatable bonds is 7. The van der Waals surface area contributed by atoms with Crippen molar-refractivity contribution in [2.24, 2.45) is 4.99 Å². The Morgan fingerprint density at radius 1 is 1.00 bits per heavy atom. The Morgan fingerprint density at radius 2 is 1.69 bits per heavy atom. The monoisotopic (exact) mass is 483 g/mol. The van der Waals surface area contributed by atoms with Gasteiger partial charge >= 0.3 is 5.97 Å². The average Bonchev–Trinajstić information content (AvgIpc) is 3.14. The molecule has 0 aliphatic carbocycles. The molecule has 0 spiro atoms. The first-order valence-electron chi connectivity index (χ1n) is 11.0. The number of thioether (sulfide) groups is 1. The summed E-state index contributed by atoms with van der Waals surface area (Å²) in [6, 6.07) is 24.2. The molecule has 3 aromatic carbocycles. The van der Waals surface area contributed by atoms with E-state index < -0.39 is 5.97 Å². The lowest BCUT2D eigenvalue weighted by molar-refractivity contribution is -0.122. The minimum absolute atomic E-state index is 0.139. The summed E-state index contributed by atoms with van der Waals surface area (Å²) in [5, 5.41) is 9.72. The van der Waals surface area contributed by atoms with Gasteiger partial charge in [-0.15, -0.1) is 0 Å². The summed E-state index contributed by atoms with van der Waals surface area (Å²) in [5.41, 5.74) is 3.94. The normalized spacial score (nSPS) is 15.9. The number of hydrogen-bond acceptors (Lipinski definition) is 5. The summed E-state index contributed by atoms with van der Waals surface area (Å²) in [6.45, 7) is 0.296. The number of carbonyl (C=O) groups excluding carboxylic acids is 1. The number of anilines is 1. The van der Waals surface area contributed by atoms with Gasteiger partial charge in [0.05, 0.1) is 22.7 Å². The number of aromatic carboxylic acids is 1. The second-order valence-electron chi connectivity index (χ2n) is 8.10. The van der Waals surface area contributed by atoms with Gasteiger partial charge in [0.1, 0.15) is 0 Å². The lowest BCUT2D eigenvalue weighted by atomic mass is 10.1. The third-order valence-electron chi connectivity index (χ3n) is 5.36. The van der Waals surface area contributed by atoms with Crippen LogP contribution in [0, 0.1) is 0 Å². The molecule has 0 radical (unpaired) electrons. The van der Waals surface area contributed by atoms with E-state index >= 15 is 0 Å². The van der Waals surface area contributed by atoms with Gasteiger partial charge in [-0.05, 0) is 65.4 Å². The molecule has 1 aliphatic rings. The van der Waals surface area contributed by atoms with Crippen LogP contribution in [0.15, 0.2) is 101 Å². The first kappa shape index (κ1) is 24.0. The number of para-hydroxylation sites is 1. The first-order chi connectivity index (χ1) is 16.9. The highest BCUT2D eigenvalue weighted by atomic mass is 32.2. The number of amidine groups is 1. The van der Waals surface area contributed by atoms with E-state index in [4.69, 9.17) is 10.1 Å². The molecule has 1 saturated heterocycles. The third-order valence-corrected chi connectivity index (χ3v) is 6.38. The molecule has 1 amide bonds. The number of nitrogens with zero attached hydrogens (tertiary/aromatic N) is 3. The molecule has 3 aromatic rings. The molecule has 0 bridgehead atoms. The standard InChI is InChI=1S/C28H25N3O3S/c1-30(2)24-17-13-20(14-18-24)7-6-10-25-26(32)31(19-21-11-15-22(16-12-21)27(33)34)28(35-25)29-23-8-4-3-5-9-23/h3-18H,19H2,1-2H3,(H,33,34)/b7-6+,25-10-,29-28?. The Kier molecular flexibility index (Phi) is 7.48.